The molecule has 0 amide bonds. The highest BCUT2D eigenvalue weighted by molar-refractivity contribution is 14.1. The Labute approximate surface area is 74.2 Å². The molecule has 1 nitrogen and oxygen atoms in total. The van der Waals surface area contributed by atoms with E-state index in [-0.39, 0.29) is 0 Å². The van der Waals surface area contributed by atoms with E-state index in [4.69, 9.17) is 5.11 Å². The molecular weight excluding hydrogens is 239 g/mol. The van der Waals surface area contributed by atoms with E-state index in [0.717, 1.165) is 15.7 Å². The van der Waals surface area contributed by atoms with Crippen LogP contribution in [0.2, 0.25) is 0 Å². The van der Waals surface area contributed by atoms with Crippen molar-refractivity contribution in [1.29, 1.82) is 0 Å². The summed E-state index contributed by atoms with van der Waals surface area (Å²) in [5.41, 5.74) is 2.06. The Balaban J connectivity index is 3.09. The summed E-state index contributed by atoms with van der Waals surface area (Å²) >= 11 is 2.19. The average molecular weight is 247 g/mol. The van der Waals surface area contributed by atoms with E-state index in [1.165, 1.54) is 5.56 Å². The van der Waals surface area contributed by atoms with E-state index >= 15 is 0 Å². The third kappa shape index (κ3) is 1.70. The fourth-order valence-corrected chi connectivity index (χ4v) is 1.24. The third-order valence-electron chi connectivity index (χ3n) is 1.29. The first-order valence-corrected chi connectivity index (χ1v) is 4.05. The van der Waals surface area contributed by atoms with Crippen LogP contribution in [0.5, 0.6) is 0 Å². The molecule has 1 aromatic carbocycles. The van der Waals surface area contributed by atoms with Crippen LogP contribution < -0.4 is 0 Å². The first kappa shape index (κ1) is 8.01. The fraction of sp³-hybridized carbons (Fsp3) is 0.125. The van der Waals surface area contributed by atoms with Crippen LogP contribution in [-0.2, 0) is 0 Å². The van der Waals surface area contributed by atoms with Crippen LogP contribution in [0, 0.1) is 17.1 Å². The van der Waals surface area contributed by atoms with Crippen LogP contribution >= 0.6 is 22.6 Å². The third-order valence-corrected chi connectivity index (χ3v) is 2.27. The summed E-state index contributed by atoms with van der Waals surface area (Å²) in [7, 11) is 0. The minimum absolute atomic E-state index is 0.889. The summed E-state index contributed by atoms with van der Waals surface area (Å²) in [6, 6.07) is 5.95. The van der Waals surface area contributed by atoms with Gasteiger partial charge in [-0.15, -0.1) is 0 Å². The highest BCUT2D eigenvalue weighted by Gasteiger charge is 1.96. The summed E-state index contributed by atoms with van der Waals surface area (Å²) in [6.07, 6.45) is 0. The predicted molar refractivity (Wildman–Crippen MR) is 49.2 cm³/mol. The lowest BCUT2D eigenvalue weighted by molar-refractivity contribution is 0.414. The van der Waals surface area contributed by atoms with Crippen LogP contribution in [0.1, 0.15) is 11.1 Å². The molecule has 2 heteroatoms. The van der Waals surface area contributed by atoms with Crippen LogP contribution in [-0.4, -0.2) is 5.11 Å². The molecule has 0 aliphatic heterocycles. The normalized spacial score (nSPS) is 9.90. The van der Waals surface area contributed by atoms with Gasteiger partial charge in [0.05, 0.1) is 0 Å². The molecule has 0 saturated heterocycles. The quantitative estimate of drug-likeness (QED) is 0.756. The maximum absolute atomic E-state index is 8.71. The maximum atomic E-state index is 8.71. The van der Waals surface area contributed by atoms with Crippen molar-refractivity contribution < 1.29 is 5.11 Å². The van der Waals surface area contributed by atoms with Crippen molar-refractivity contribution in [2.24, 2.45) is 0 Å². The van der Waals surface area contributed by atoms with Crippen molar-refractivity contribution in [3.05, 3.63) is 39.5 Å². The van der Waals surface area contributed by atoms with Gasteiger partial charge in [0, 0.05) is 3.57 Å². The van der Waals surface area contributed by atoms with E-state index in [1.807, 2.05) is 25.1 Å². The van der Waals surface area contributed by atoms with Gasteiger partial charge in [-0.3, -0.25) is 0 Å². The monoisotopic (exact) mass is 247 g/mol. The Morgan fingerprint density at radius 2 is 2.20 bits per heavy atom. The minimum atomic E-state index is 0.889. The summed E-state index contributed by atoms with van der Waals surface area (Å²) in [5.74, 6) is 0. The SMILES string of the molecule is Cc1ccc(I)c([CH]O)c1. The zero-order valence-corrected chi connectivity index (χ0v) is 7.79. The first-order chi connectivity index (χ1) is 4.74. The largest absolute Gasteiger partial charge is 0.385 e. The maximum Gasteiger partial charge on any atom is 0.110 e. The van der Waals surface area contributed by atoms with Gasteiger partial charge in [-0.25, -0.2) is 0 Å². The van der Waals surface area contributed by atoms with Gasteiger partial charge in [-0.05, 0) is 41.1 Å². The average Bonchev–Trinajstić information content (AvgIpc) is 1.94. The number of benzene rings is 1. The van der Waals surface area contributed by atoms with Gasteiger partial charge in [0.15, 0.2) is 0 Å². The van der Waals surface area contributed by atoms with Crippen molar-refractivity contribution in [3.8, 4) is 0 Å². The van der Waals surface area contributed by atoms with E-state index < -0.39 is 0 Å². The molecule has 0 saturated carbocycles. The number of aliphatic hydroxyl groups excluding tert-OH is 1. The van der Waals surface area contributed by atoms with Crippen molar-refractivity contribution in [2.45, 2.75) is 6.92 Å². The van der Waals surface area contributed by atoms with E-state index in [2.05, 4.69) is 22.6 Å². The molecule has 1 aromatic rings. The second kappa shape index (κ2) is 3.34. The highest BCUT2D eigenvalue weighted by Crippen LogP contribution is 2.14. The second-order valence-electron chi connectivity index (χ2n) is 2.15. The Morgan fingerprint density at radius 1 is 1.50 bits per heavy atom. The molecule has 1 radical (unpaired) electrons. The molecule has 0 bridgehead atoms. The molecule has 0 aliphatic carbocycles. The molecule has 0 atom stereocenters. The zero-order chi connectivity index (χ0) is 7.56. The van der Waals surface area contributed by atoms with Crippen LogP contribution in [0.3, 0.4) is 0 Å². The van der Waals surface area contributed by atoms with Gasteiger partial charge in [-0.1, -0.05) is 17.7 Å². The fourth-order valence-electron chi connectivity index (χ4n) is 0.762. The molecular formula is C8H8IO. The number of aryl methyl sites for hydroxylation is 1. The van der Waals surface area contributed by atoms with Crippen LogP contribution in [0.4, 0.5) is 0 Å². The summed E-state index contributed by atoms with van der Waals surface area (Å²) < 4.78 is 1.07. The van der Waals surface area contributed by atoms with Gasteiger partial charge < -0.3 is 5.11 Å². The molecule has 53 valence electrons. The Morgan fingerprint density at radius 3 is 2.70 bits per heavy atom. The number of hydrogen-bond donors (Lipinski definition) is 1. The summed E-state index contributed by atoms with van der Waals surface area (Å²) in [4.78, 5) is 0. The first-order valence-electron chi connectivity index (χ1n) is 2.97. The van der Waals surface area contributed by atoms with E-state index in [0.29, 0.717) is 0 Å². The van der Waals surface area contributed by atoms with Gasteiger partial charge in [0.25, 0.3) is 0 Å². The Kier molecular flexibility index (Phi) is 2.68. The lowest BCUT2D eigenvalue weighted by Crippen LogP contribution is -1.85. The molecule has 1 N–H and O–H groups in total. The topological polar surface area (TPSA) is 20.2 Å². The molecule has 0 heterocycles. The molecule has 1 rings (SSSR count). The lowest BCUT2D eigenvalue weighted by atomic mass is 10.1. The predicted octanol–water partition coefficient (Wildman–Crippen LogP) is 2.48. The van der Waals surface area contributed by atoms with Crippen molar-refractivity contribution in [1.82, 2.24) is 0 Å². The minimum Gasteiger partial charge on any atom is -0.385 e. The zero-order valence-electron chi connectivity index (χ0n) is 5.63. The van der Waals surface area contributed by atoms with Crippen LogP contribution in [0.15, 0.2) is 18.2 Å². The molecule has 10 heavy (non-hydrogen) atoms. The second-order valence-corrected chi connectivity index (χ2v) is 3.32. The van der Waals surface area contributed by atoms with Gasteiger partial charge in [0.1, 0.15) is 6.61 Å². The van der Waals surface area contributed by atoms with Crippen molar-refractivity contribution >= 4 is 22.6 Å². The standard InChI is InChI=1S/C8H8IO/c1-6-2-3-8(9)7(4-6)5-10/h2-5,10H,1H3. The number of aliphatic hydroxyl groups is 1. The van der Waals surface area contributed by atoms with Gasteiger partial charge >= 0.3 is 0 Å². The highest BCUT2D eigenvalue weighted by atomic mass is 127. The lowest BCUT2D eigenvalue weighted by Gasteiger charge is -1.99. The summed E-state index contributed by atoms with van der Waals surface area (Å²) in [5, 5.41) is 8.71. The van der Waals surface area contributed by atoms with E-state index in [1.54, 1.807) is 0 Å². The molecule has 0 unspecified atom stereocenters. The number of rotatable bonds is 1. The smallest absolute Gasteiger partial charge is 0.110 e. The van der Waals surface area contributed by atoms with Crippen molar-refractivity contribution in [2.75, 3.05) is 0 Å². The van der Waals surface area contributed by atoms with Crippen molar-refractivity contribution in [3.63, 3.8) is 0 Å². The van der Waals surface area contributed by atoms with Crippen LogP contribution in [0.25, 0.3) is 0 Å². The molecule has 0 spiro atoms. The Hall–Kier alpha value is -0.0900. The Bertz CT molecular complexity index is 233. The number of halogens is 1. The van der Waals surface area contributed by atoms with E-state index in [9.17, 15) is 0 Å². The molecule has 0 fully saturated rings. The van der Waals surface area contributed by atoms with Gasteiger partial charge in [-0.2, -0.15) is 0 Å². The number of hydrogen-bond acceptors (Lipinski definition) is 1. The molecule has 0 aliphatic rings. The molecule has 0 aromatic heterocycles. The summed E-state index contributed by atoms with van der Waals surface area (Å²) in [6.45, 7) is 3.14. The van der Waals surface area contributed by atoms with Gasteiger partial charge in [0.2, 0.25) is 0 Å².